The zero-order valence-corrected chi connectivity index (χ0v) is 21.5. The number of nitrogens with one attached hydrogen (secondary N) is 2. The van der Waals surface area contributed by atoms with Crippen molar-refractivity contribution in [3.05, 3.63) is 53.6 Å². The van der Waals surface area contributed by atoms with Crippen LogP contribution in [0.15, 0.2) is 42.5 Å². The van der Waals surface area contributed by atoms with E-state index in [1.54, 1.807) is 18.2 Å². The number of methoxy groups -OCH3 is 2. The number of nitrogens with zero attached hydrogens (tertiary/aromatic N) is 1. The van der Waals surface area contributed by atoms with Crippen molar-refractivity contribution in [2.24, 2.45) is 5.92 Å². The van der Waals surface area contributed by atoms with Crippen LogP contribution in [-0.2, 0) is 16.1 Å². The van der Waals surface area contributed by atoms with Crippen molar-refractivity contribution in [2.45, 2.75) is 26.4 Å². The number of hydrogen-bond donors (Lipinski definition) is 2. The lowest BCUT2D eigenvalue weighted by atomic mass is 10.0. The highest BCUT2D eigenvalue weighted by atomic mass is 16.5. The van der Waals surface area contributed by atoms with Crippen molar-refractivity contribution in [1.29, 1.82) is 0 Å². The first-order valence-corrected chi connectivity index (χ1v) is 12.2. The van der Waals surface area contributed by atoms with Crippen molar-refractivity contribution in [1.82, 2.24) is 15.5 Å². The summed E-state index contributed by atoms with van der Waals surface area (Å²) in [6, 6.07) is 11.9. The summed E-state index contributed by atoms with van der Waals surface area (Å²) in [5, 5.41) is 5.78. The molecule has 1 saturated heterocycles. The maximum atomic E-state index is 13.0. The van der Waals surface area contributed by atoms with Gasteiger partial charge in [-0.3, -0.25) is 14.5 Å². The predicted molar refractivity (Wildman–Crippen MR) is 137 cm³/mol. The third-order valence-corrected chi connectivity index (χ3v) is 5.99. The van der Waals surface area contributed by atoms with Gasteiger partial charge < -0.3 is 29.6 Å². The molecular formula is C27H37N3O6. The van der Waals surface area contributed by atoms with Crippen LogP contribution in [0.5, 0.6) is 17.2 Å². The molecule has 1 aliphatic heterocycles. The van der Waals surface area contributed by atoms with Gasteiger partial charge in [0.05, 0.1) is 27.4 Å². The molecule has 0 radical (unpaired) electrons. The lowest BCUT2D eigenvalue weighted by molar-refractivity contribution is -0.124. The first-order chi connectivity index (χ1) is 17.4. The van der Waals surface area contributed by atoms with E-state index in [1.165, 1.54) is 14.2 Å². The van der Waals surface area contributed by atoms with Crippen molar-refractivity contribution < 1.29 is 28.5 Å². The largest absolute Gasteiger partial charge is 0.497 e. The lowest BCUT2D eigenvalue weighted by Crippen LogP contribution is -2.49. The molecule has 2 aromatic carbocycles. The molecule has 1 atom stereocenters. The van der Waals surface area contributed by atoms with Gasteiger partial charge in [0.15, 0.2) is 0 Å². The molecule has 2 aromatic rings. The van der Waals surface area contributed by atoms with Crippen molar-refractivity contribution in [3.8, 4) is 17.2 Å². The summed E-state index contributed by atoms with van der Waals surface area (Å²) in [4.78, 5) is 28.2. The third kappa shape index (κ3) is 8.13. The molecular weight excluding hydrogens is 462 g/mol. The molecule has 36 heavy (non-hydrogen) atoms. The van der Waals surface area contributed by atoms with E-state index in [0.717, 1.165) is 44.2 Å². The molecule has 1 unspecified atom stereocenters. The van der Waals surface area contributed by atoms with Gasteiger partial charge in [-0.25, -0.2) is 0 Å². The van der Waals surface area contributed by atoms with E-state index in [2.05, 4.69) is 15.5 Å². The van der Waals surface area contributed by atoms with Crippen LogP contribution in [0.25, 0.3) is 0 Å². The van der Waals surface area contributed by atoms with E-state index in [-0.39, 0.29) is 17.7 Å². The summed E-state index contributed by atoms with van der Waals surface area (Å²) >= 11 is 0. The fourth-order valence-electron chi connectivity index (χ4n) is 3.86. The average molecular weight is 500 g/mol. The van der Waals surface area contributed by atoms with Gasteiger partial charge in [0.25, 0.3) is 5.91 Å². The summed E-state index contributed by atoms with van der Waals surface area (Å²) in [6.07, 6.45) is 0. The predicted octanol–water partition coefficient (Wildman–Crippen LogP) is 2.49. The molecule has 0 saturated carbocycles. The quantitative estimate of drug-likeness (QED) is 0.463. The summed E-state index contributed by atoms with van der Waals surface area (Å²) in [6.45, 7) is 8.92. The highest BCUT2D eigenvalue weighted by molar-refractivity contribution is 5.98. The molecule has 1 fully saturated rings. The molecule has 1 heterocycles. The van der Waals surface area contributed by atoms with Crippen molar-refractivity contribution in [2.75, 3.05) is 53.7 Å². The first kappa shape index (κ1) is 27.3. The van der Waals surface area contributed by atoms with Crippen LogP contribution in [0.3, 0.4) is 0 Å². The fourth-order valence-corrected chi connectivity index (χ4v) is 3.86. The number of rotatable bonds is 12. The second-order valence-corrected chi connectivity index (χ2v) is 8.96. The van der Waals surface area contributed by atoms with Crippen LogP contribution in [0.1, 0.15) is 29.8 Å². The molecule has 1 aliphatic rings. The number of amides is 2. The zero-order chi connectivity index (χ0) is 25.9. The zero-order valence-electron chi connectivity index (χ0n) is 21.5. The second kappa shape index (κ2) is 13.7. The monoisotopic (exact) mass is 499 g/mol. The first-order valence-electron chi connectivity index (χ1n) is 12.2. The average Bonchev–Trinajstić information content (AvgIpc) is 2.90. The Labute approximate surface area is 213 Å². The van der Waals surface area contributed by atoms with Gasteiger partial charge in [-0.15, -0.1) is 0 Å². The number of morpholine rings is 1. The van der Waals surface area contributed by atoms with E-state index < -0.39 is 6.04 Å². The minimum atomic E-state index is -0.706. The Morgan fingerprint density at radius 3 is 2.33 bits per heavy atom. The molecule has 3 rings (SSSR count). The Balaban J connectivity index is 1.54. The van der Waals surface area contributed by atoms with Gasteiger partial charge in [-0.2, -0.15) is 0 Å². The Morgan fingerprint density at radius 2 is 1.69 bits per heavy atom. The smallest absolute Gasteiger partial charge is 0.252 e. The Kier molecular flexibility index (Phi) is 10.4. The van der Waals surface area contributed by atoms with Gasteiger partial charge in [-0.05, 0) is 35.7 Å². The highest BCUT2D eigenvalue weighted by Gasteiger charge is 2.25. The topological polar surface area (TPSA) is 98.4 Å². The third-order valence-electron chi connectivity index (χ3n) is 5.99. The maximum Gasteiger partial charge on any atom is 0.252 e. The normalized spacial score (nSPS) is 14.7. The summed E-state index contributed by atoms with van der Waals surface area (Å²) in [5.41, 5.74) is 1.27. The van der Waals surface area contributed by atoms with Gasteiger partial charge in [-0.1, -0.05) is 26.0 Å². The van der Waals surface area contributed by atoms with E-state index in [0.29, 0.717) is 30.2 Å². The fraction of sp³-hybridized carbons (Fsp3) is 0.481. The number of carbonyl (C=O) groups excluding carboxylic acids is 2. The summed E-state index contributed by atoms with van der Waals surface area (Å²) in [7, 11) is 3.04. The number of carbonyl (C=O) groups is 2. The Bertz CT molecular complexity index is 985. The van der Waals surface area contributed by atoms with E-state index in [9.17, 15) is 9.59 Å². The molecule has 0 aliphatic carbocycles. The van der Waals surface area contributed by atoms with Crippen molar-refractivity contribution in [3.63, 3.8) is 0 Å². The number of ether oxygens (including phenoxy) is 4. The van der Waals surface area contributed by atoms with Gasteiger partial charge in [0.1, 0.15) is 29.9 Å². The van der Waals surface area contributed by atoms with Crippen LogP contribution in [0.4, 0.5) is 0 Å². The highest BCUT2D eigenvalue weighted by Crippen LogP contribution is 2.22. The van der Waals surface area contributed by atoms with Crippen LogP contribution in [0, 0.1) is 5.92 Å². The van der Waals surface area contributed by atoms with Gasteiger partial charge in [0.2, 0.25) is 5.91 Å². The van der Waals surface area contributed by atoms with Gasteiger partial charge >= 0.3 is 0 Å². The molecule has 9 nitrogen and oxygen atoms in total. The van der Waals surface area contributed by atoms with Gasteiger partial charge in [0, 0.05) is 37.8 Å². The Hall–Kier alpha value is -3.30. The SMILES string of the molecule is COc1cc(OC)cc(C(=O)NC(C(=O)NCc2cccc(OCCN3CCOCC3)c2)C(C)C)c1. The minimum Gasteiger partial charge on any atom is -0.497 e. The van der Waals surface area contributed by atoms with Crippen LogP contribution >= 0.6 is 0 Å². The van der Waals surface area contributed by atoms with Crippen LogP contribution < -0.4 is 24.8 Å². The van der Waals surface area contributed by atoms with Crippen LogP contribution in [0.2, 0.25) is 0 Å². The van der Waals surface area contributed by atoms with Crippen LogP contribution in [-0.4, -0.2) is 76.4 Å². The number of benzene rings is 2. The molecule has 2 amide bonds. The molecule has 196 valence electrons. The van der Waals surface area contributed by atoms with E-state index in [1.807, 2.05) is 38.1 Å². The summed E-state index contributed by atoms with van der Waals surface area (Å²) < 4.78 is 21.8. The molecule has 2 N–H and O–H groups in total. The Morgan fingerprint density at radius 1 is 1.00 bits per heavy atom. The second-order valence-electron chi connectivity index (χ2n) is 8.96. The molecule has 0 aromatic heterocycles. The van der Waals surface area contributed by atoms with E-state index in [4.69, 9.17) is 18.9 Å². The van der Waals surface area contributed by atoms with Crippen molar-refractivity contribution >= 4 is 11.8 Å². The summed E-state index contributed by atoms with van der Waals surface area (Å²) in [5.74, 6) is 1.00. The standard InChI is InChI=1S/C27H37N3O6/c1-19(2)25(29-26(31)21-15-23(33-3)17-24(16-21)34-4)27(32)28-18-20-6-5-7-22(14-20)36-13-10-30-8-11-35-12-9-30/h5-7,14-17,19,25H,8-13,18H2,1-4H3,(H,28,32)(H,29,31). The molecule has 9 heteroatoms. The minimum absolute atomic E-state index is 0.115. The molecule has 0 spiro atoms. The number of hydrogen-bond acceptors (Lipinski definition) is 7. The maximum absolute atomic E-state index is 13.0. The van der Waals surface area contributed by atoms with E-state index >= 15 is 0 Å². The lowest BCUT2D eigenvalue weighted by Gasteiger charge is -2.26. The molecule has 0 bridgehead atoms.